The summed E-state index contributed by atoms with van der Waals surface area (Å²) < 4.78 is 1.74. The average molecular weight is 382 g/mol. The highest BCUT2D eigenvalue weighted by molar-refractivity contribution is 5.95. The Morgan fingerprint density at radius 2 is 1.93 bits per heavy atom. The molecule has 6 nitrogen and oxygen atoms in total. The van der Waals surface area contributed by atoms with Crippen molar-refractivity contribution in [3.63, 3.8) is 0 Å². The summed E-state index contributed by atoms with van der Waals surface area (Å²) >= 11 is 0. The monoisotopic (exact) mass is 381 g/mol. The number of piperidine rings is 2. The molecule has 28 heavy (non-hydrogen) atoms. The smallest absolute Gasteiger partial charge is 0.257 e. The minimum atomic E-state index is 0.141. The zero-order valence-electron chi connectivity index (χ0n) is 17.3. The van der Waals surface area contributed by atoms with Gasteiger partial charge in [0.05, 0.1) is 17.0 Å². The molecular weight excluding hydrogens is 350 g/mol. The number of carbonyl (C=O) groups is 1. The molecule has 0 saturated carbocycles. The fourth-order valence-electron chi connectivity index (χ4n) is 5.06. The van der Waals surface area contributed by atoms with E-state index in [1.807, 2.05) is 33.2 Å². The SMILES string of the molecule is Cc1cccc(CN2CCCC3(CCCN(C(=O)c4cn(C)nc4C)C3)C2)n1. The lowest BCUT2D eigenvalue weighted by Crippen LogP contribution is -2.53. The molecule has 2 aromatic rings. The van der Waals surface area contributed by atoms with E-state index in [1.165, 1.54) is 19.3 Å². The summed E-state index contributed by atoms with van der Waals surface area (Å²) in [6, 6.07) is 6.26. The molecule has 0 N–H and O–H groups in total. The molecule has 4 heterocycles. The Kier molecular flexibility index (Phi) is 5.23. The van der Waals surface area contributed by atoms with Gasteiger partial charge in [0, 0.05) is 50.5 Å². The number of hydrogen-bond acceptors (Lipinski definition) is 4. The maximum atomic E-state index is 13.1. The fourth-order valence-corrected chi connectivity index (χ4v) is 5.06. The number of amides is 1. The summed E-state index contributed by atoms with van der Waals surface area (Å²) in [5, 5.41) is 4.35. The molecular formula is C22H31N5O. The number of rotatable bonds is 3. The first-order chi connectivity index (χ1) is 13.4. The van der Waals surface area contributed by atoms with Gasteiger partial charge in [-0.3, -0.25) is 19.4 Å². The maximum absolute atomic E-state index is 13.1. The van der Waals surface area contributed by atoms with Crippen molar-refractivity contribution >= 4 is 5.91 Å². The van der Waals surface area contributed by atoms with E-state index in [2.05, 4.69) is 32.0 Å². The average Bonchev–Trinajstić information content (AvgIpc) is 2.99. The molecule has 1 unspecified atom stereocenters. The molecule has 2 saturated heterocycles. The Morgan fingerprint density at radius 3 is 2.64 bits per heavy atom. The minimum Gasteiger partial charge on any atom is -0.338 e. The van der Waals surface area contributed by atoms with E-state index >= 15 is 0 Å². The Balaban J connectivity index is 1.46. The van der Waals surface area contributed by atoms with E-state index in [0.29, 0.717) is 0 Å². The second kappa shape index (κ2) is 7.66. The quantitative estimate of drug-likeness (QED) is 0.820. The Labute approximate surface area is 167 Å². The standard InChI is InChI=1S/C22H31N5O/c1-17-7-4-8-19(23-17)13-26-11-5-9-22(15-26)10-6-12-27(16-22)21(28)20-14-25(3)24-18(20)2/h4,7-8,14H,5-6,9-13,15-16H2,1-3H3. The molecule has 2 aromatic heterocycles. The first-order valence-corrected chi connectivity index (χ1v) is 10.4. The van der Waals surface area contributed by atoms with Crippen molar-refractivity contribution < 1.29 is 4.79 Å². The molecule has 2 aliphatic heterocycles. The number of carbonyl (C=O) groups excluding carboxylic acids is 1. The zero-order chi connectivity index (χ0) is 19.7. The molecule has 4 rings (SSSR count). The Hall–Kier alpha value is -2.21. The van der Waals surface area contributed by atoms with Crippen LogP contribution < -0.4 is 0 Å². The van der Waals surface area contributed by atoms with Crippen molar-refractivity contribution in [3.05, 3.63) is 47.0 Å². The highest BCUT2D eigenvalue weighted by Crippen LogP contribution is 2.39. The molecule has 2 aliphatic rings. The third kappa shape index (κ3) is 3.97. The van der Waals surface area contributed by atoms with Crippen LogP contribution in [0.25, 0.3) is 0 Å². The van der Waals surface area contributed by atoms with Gasteiger partial charge in [0.1, 0.15) is 0 Å². The van der Waals surface area contributed by atoms with Crippen LogP contribution >= 0.6 is 0 Å². The van der Waals surface area contributed by atoms with Gasteiger partial charge in [-0.05, 0) is 58.2 Å². The Bertz CT molecular complexity index is 856. The van der Waals surface area contributed by atoms with Crippen LogP contribution in [0.3, 0.4) is 0 Å². The summed E-state index contributed by atoms with van der Waals surface area (Å²) in [5.74, 6) is 0.141. The molecule has 0 bridgehead atoms. The van der Waals surface area contributed by atoms with Gasteiger partial charge in [-0.15, -0.1) is 0 Å². The first-order valence-electron chi connectivity index (χ1n) is 10.4. The normalized spacial score (nSPS) is 23.3. The molecule has 1 spiro atoms. The molecule has 0 radical (unpaired) electrons. The Morgan fingerprint density at radius 1 is 1.14 bits per heavy atom. The van der Waals surface area contributed by atoms with Crippen molar-refractivity contribution in [2.24, 2.45) is 12.5 Å². The minimum absolute atomic E-state index is 0.141. The van der Waals surface area contributed by atoms with Crippen molar-refractivity contribution in [3.8, 4) is 0 Å². The van der Waals surface area contributed by atoms with Crippen LogP contribution in [0.5, 0.6) is 0 Å². The highest BCUT2D eigenvalue weighted by atomic mass is 16.2. The topological polar surface area (TPSA) is 54.3 Å². The number of pyridine rings is 1. The lowest BCUT2D eigenvalue weighted by atomic mass is 9.73. The van der Waals surface area contributed by atoms with Gasteiger partial charge in [0.15, 0.2) is 0 Å². The maximum Gasteiger partial charge on any atom is 0.257 e. The molecule has 1 amide bonds. The number of likely N-dealkylation sites (tertiary alicyclic amines) is 2. The first kappa shape index (κ1) is 19.1. The van der Waals surface area contributed by atoms with Crippen molar-refractivity contribution in [1.29, 1.82) is 0 Å². The van der Waals surface area contributed by atoms with Crippen LogP contribution in [0, 0.1) is 19.3 Å². The van der Waals surface area contributed by atoms with Crippen LogP contribution in [-0.2, 0) is 13.6 Å². The highest BCUT2D eigenvalue weighted by Gasteiger charge is 2.40. The lowest BCUT2D eigenvalue weighted by molar-refractivity contribution is 0.0110. The van der Waals surface area contributed by atoms with Crippen molar-refractivity contribution in [2.45, 2.75) is 46.1 Å². The van der Waals surface area contributed by atoms with Crippen molar-refractivity contribution in [2.75, 3.05) is 26.2 Å². The summed E-state index contributed by atoms with van der Waals surface area (Å²) in [6.45, 7) is 8.76. The summed E-state index contributed by atoms with van der Waals surface area (Å²) in [6.07, 6.45) is 6.55. The van der Waals surface area contributed by atoms with E-state index in [9.17, 15) is 4.79 Å². The number of aryl methyl sites for hydroxylation is 3. The third-order valence-electron chi connectivity index (χ3n) is 6.26. The summed E-state index contributed by atoms with van der Waals surface area (Å²) in [7, 11) is 1.87. The molecule has 0 aromatic carbocycles. The fraction of sp³-hybridized carbons (Fsp3) is 0.591. The van der Waals surface area contributed by atoms with E-state index in [1.54, 1.807) is 4.68 Å². The van der Waals surface area contributed by atoms with Crippen LogP contribution in [0.15, 0.2) is 24.4 Å². The van der Waals surface area contributed by atoms with Gasteiger partial charge in [-0.2, -0.15) is 5.10 Å². The molecule has 1 atom stereocenters. The van der Waals surface area contributed by atoms with Crippen LogP contribution in [0.1, 0.15) is 53.1 Å². The summed E-state index contributed by atoms with van der Waals surface area (Å²) in [4.78, 5) is 22.4. The molecule has 150 valence electrons. The van der Waals surface area contributed by atoms with Gasteiger partial charge < -0.3 is 4.90 Å². The predicted octanol–water partition coefficient (Wildman–Crippen LogP) is 2.95. The number of aromatic nitrogens is 3. The predicted molar refractivity (Wildman–Crippen MR) is 109 cm³/mol. The second-order valence-electron chi connectivity index (χ2n) is 8.72. The second-order valence-corrected chi connectivity index (χ2v) is 8.72. The van der Waals surface area contributed by atoms with E-state index in [-0.39, 0.29) is 11.3 Å². The molecule has 0 aliphatic carbocycles. The lowest BCUT2D eigenvalue weighted by Gasteiger charge is -2.48. The van der Waals surface area contributed by atoms with Crippen LogP contribution in [-0.4, -0.2) is 56.7 Å². The molecule has 2 fully saturated rings. The van der Waals surface area contributed by atoms with E-state index in [4.69, 9.17) is 0 Å². The largest absolute Gasteiger partial charge is 0.338 e. The zero-order valence-corrected chi connectivity index (χ0v) is 17.3. The van der Waals surface area contributed by atoms with E-state index < -0.39 is 0 Å². The van der Waals surface area contributed by atoms with Crippen LogP contribution in [0.2, 0.25) is 0 Å². The van der Waals surface area contributed by atoms with Gasteiger partial charge in [0.25, 0.3) is 5.91 Å². The van der Waals surface area contributed by atoms with Gasteiger partial charge in [-0.25, -0.2) is 0 Å². The van der Waals surface area contributed by atoms with Gasteiger partial charge >= 0.3 is 0 Å². The molecule has 6 heteroatoms. The van der Waals surface area contributed by atoms with Crippen molar-refractivity contribution in [1.82, 2.24) is 24.6 Å². The van der Waals surface area contributed by atoms with Crippen LogP contribution in [0.4, 0.5) is 0 Å². The van der Waals surface area contributed by atoms with Gasteiger partial charge in [-0.1, -0.05) is 6.07 Å². The third-order valence-corrected chi connectivity index (χ3v) is 6.26. The van der Waals surface area contributed by atoms with E-state index in [0.717, 1.165) is 61.8 Å². The number of nitrogens with zero attached hydrogens (tertiary/aromatic N) is 5. The van der Waals surface area contributed by atoms with Gasteiger partial charge in [0.2, 0.25) is 0 Å². The number of hydrogen-bond donors (Lipinski definition) is 0. The summed E-state index contributed by atoms with van der Waals surface area (Å²) in [5.41, 5.74) is 4.00.